The normalized spacial score (nSPS) is 12.2. The molecule has 7 nitrogen and oxygen atoms in total. The summed E-state index contributed by atoms with van der Waals surface area (Å²) in [4.78, 5) is 13.2. The highest BCUT2D eigenvalue weighted by Gasteiger charge is 2.10. The average molecular weight is 402 g/mol. The smallest absolute Gasteiger partial charge is 0.235 e. The number of hydrogen-bond acceptors (Lipinski definition) is 5. The van der Waals surface area contributed by atoms with Crippen LogP contribution in [0.2, 0.25) is 0 Å². The summed E-state index contributed by atoms with van der Waals surface area (Å²) in [5.41, 5.74) is 4.37. The van der Waals surface area contributed by atoms with E-state index in [9.17, 15) is 0 Å². The second-order valence-electron chi connectivity index (χ2n) is 7.31. The zero-order valence-corrected chi connectivity index (χ0v) is 17.4. The number of benzene rings is 1. The fourth-order valence-electron chi connectivity index (χ4n) is 3.30. The van der Waals surface area contributed by atoms with Crippen LogP contribution in [-0.4, -0.2) is 37.2 Å². The zero-order valence-electron chi connectivity index (χ0n) is 17.4. The van der Waals surface area contributed by atoms with E-state index in [1.807, 2.05) is 35.9 Å². The van der Waals surface area contributed by atoms with Gasteiger partial charge in [-0.25, -0.2) is 15.0 Å². The van der Waals surface area contributed by atoms with Gasteiger partial charge in [0, 0.05) is 61.8 Å². The first-order valence-corrected chi connectivity index (χ1v) is 10.2. The summed E-state index contributed by atoms with van der Waals surface area (Å²) in [7, 11) is 0. The lowest BCUT2D eigenvalue weighted by Crippen LogP contribution is -2.29. The third kappa shape index (κ3) is 5.00. The maximum Gasteiger partial charge on any atom is 0.235 e. The van der Waals surface area contributed by atoms with E-state index >= 15 is 0 Å². The number of aromatic nitrogens is 5. The van der Waals surface area contributed by atoms with Crippen LogP contribution in [0.25, 0.3) is 11.6 Å². The molecule has 3 heterocycles. The fourth-order valence-corrected chi connectivity index (χ4v) is 3.30. The van der Waals surface area contributed by atoms with Crippen molar-refractivity contribution < 1.29 is 0 Å². The summed E-state index contributed by atoms with van der Waals surface area (Å²) in [6.45, 7) is 6.69. The molecule has 4 rings (SSSR count). The molecule has 0 aliphatic heterocycles. The molecule has 2 N–H and O–H groups in total. The molecule has 1 aromatic carbocycles. The van der Waals surface area contributed by atoms with Gasteiger partial charge in [0.2, 0.25) is 5.95 Å². The van der Waals surface area contributed by atoms with Crippen molar-refractivity contribution >= 4 is 0 Å². The van der Waals surface area contributed by atoms with Gasteiger partial charge >= 0.3 is 0 Å². The van der Waals surface area contributed by atoms with Crippen molar-refractivity contribution in [2.45, 2.75) is 26.4 Å². The molecule has 0 saturated carbocycles. The van der Waals surface area contributed by atoms with Crippen molar-refractivity contribution in [1.82, 2.24) is 34.7 Å². The monoisotopic (exact) mass is 401 g/mol. The van der Waals surface area contributed by atoms with Crippen LogP contribution in [0.1, 0.15) is 29.9 Å². The van der Waals surface area contributed by atoms with Crippen molar-refractivity contribution in [3.8, 4) is 11.6 Å². The summed E-state index contributed by atoms with van der Waals surface area (Å²) in [5, 5.41) is 7.03. The minimum Gasteiger partial charge on any atom is -0.324 e. The standard InChI is InChI=1S/C23H27N7/c1-18-15-22(28-23(27-18)30-14-11-25-17-30)19(2)26-10-9-24-16-20-5-7-21(8-6-20)29-12-3-4-13-29/h3-8,11-15,17,19,24,26H,9-10,16H2,1-2H3. The summed E-state index contributed by atoms with van der Waals surface area (Å²) in [6, 6.07) is 14.9. The van der Waals surface area contributed by atoms with Crippen LogP contribution >= 0.6 is 0 Å². The van der Waals surface area contributed by atoms with Gasteiger partial charge in [-0.05, 0) is 49.7 Å². The summed E-state index contributed by atoms with van der Waals surface area (Å²) in [6.07, 6.45) is 9.40. The molecule has 0 aliphatic rings. The summed E-state index contributed by atoms with van der Waals surface area (Å²) < 4.78 is 3.93. The Morgan fingerprint density at radius 2 is 1.77 bits per heavy atom. The number of nitrogens with one attached hydrogen (secondary N) is 2. The Hall–Kier alpha value is -3.29. The molecule has 154 valence electrons. The third-order valence-corrected chi connectivity index (χ3v) is 4.96. The quantitative estimate of drug-likeness (QED) is 0.422. The maximum absolute atomic E-state index is 4.68. The van der Waals surface area contributed by atoms with E-state index in [1.54, 1.807) is 12.5 Å². The van der Waals surface area contributed by atoms with Crippen molar-refractivity contribution in [2.24, 2.45) is 0 Å². The van der Waals surface area contributed by atoms with Crippen LogP contribution in [0, 0.1) is 6.92 Å². The maximum atomic E-state index is 4.68. The molecule has 3 aromatic heterocycles. The summed E-state index contributed by atoms with van der Waals surface area (Å²) >= 11 is 0. The van der Waals surface area contributed by atoms with Crippen LogP contribution in [0.15, 0.2) is 73.6 Å². The Morgan fingerprint density at radius 1 is 0.967 bits per heavy atom. The first kappa shape index (κ1) is 20.0. The van der Waals surface area contributed by atoms with Crippen LogP contribution < -0.4 is 10.6 Å². The minimum absolute atomic E-state index is 0.136. The van der Waals surface area contributed by atoms with Gasteiger partial charge < -0.3 is 15.2 Å². The molecule has 7 heteroatoms. The fraction of sp³-hybridized carbons (Fsp3) is 0.261. The number of nitrogens with zero attached hydrogens (tertiary/aromatic N) is 5. The number of rotatable bonds is 9. The lowest BCUT2D eigenvalue weighted by molar-refractivity contribution is 0.534. The van der Waals surface area contributed by atoms with E-state index in [2.05, 4.69) is 73.7 Å². The van der Waals surface area contributed by atoms with Gasteiger partial charge in [0.25, 0.3) is 0 Å². The molecule has 0 saturated heterocycles. The molecule has 0 spiro atoms. The van der Waals surface area contributed by atoms with Gasteiger partial charge in [0.15, 0.2) is 0 Å². The predicted molar refractivity (Wildman–Crippen MR) is 118 cm³/mol. The highest BCUT2D eigenvalue weighted by Crippen LogP contribution is 2.13. The van der Waals surface area contributed by atoms with E-state index in [0.717, 1.165) is 31.0 Å². The Kier molecular flexibility index (Phi) is 6.32. The molecule has 1 atom stereocenters. The van der Waals surface area contributed by atoms with Gasteiger partial charge in [-0.2, -0.15) is 0 Å². The Bertz CT molecular complexity index is 1040. The van der Waals surface area contributed by atoms with Gasteiger partial charge in [0.1, 0.15) is 6.33 Å². The zero-order chi connectivity index (χ0) is 20.8. The number of imidazole rings is 1. The number of aryl methyl sites for hydroxylation is 1. The van der Waals surface area contributed by atoms with E-state index in [1.165, 1.54) is 11.3 Å². The highest BCUT2D eigenvalue weighted by atomic mass is 15.2. The van der Waals surface area contributed by atoms with Crippen LogP contribution in [-0.2, 0) is 6.54 Å². The second kappa shape index (κ2) is 9.47. The van der Waals surface area contributed by atoms with Crippen molar-refractivity contribution in [1.29, 1.82) is 0 Å². The van der Waals surface area contributed by atoms with Crippen molar-refractivity contribution in [3.63, 3.8) is 0 Å². The Balaban J connectivity index is 1.24. The van der Waals surface area contributed by atoms with Crippen LogP contribution in [0.3, 0.4) is 0 Å². The van der Waals surface area contributed by atoms with Crippen LogP contribution in [0.5, 0.6) is 0 Å². The lowest BCUT2D eigenvalue weighted by atomic mass is 10.2. The average Bonchev–Trinajstić information content (AvgIpc) is 3.48. The molecule has 1 unspecified atom stereocenters. The Labute approximate surface area is 176 Å². The van der Waals surface area contributed by atoms with Gasteiger partial charge in [-0.1, -0.05) is 12.1 Å². The van der Waals surface area contributed by atoms with E-state index < -0.39 is 0 Å². The van der Waals surface area contributed by atoms with E-state index in [4.69, 9.17) is 0 Å². The molecule has 30 heavy (non-hydrogen) atoms. The van der Waals surface area contributed by atoms with E-state index in [0.29, 0.717) is 5.95 Å². The molecular formula is C23H27N7. The molecule has 0 radical (unpaired) electrons. The molecule has 4 aromatic rings. The SMILES string of the molecule is Cc1cc(C(C)NCCNCc2ccc(-n3cccc3)cc2)nc(-n2ccnc2)n1. The predicted octanol–water partition coefficient (Wildman–Crippen LogP) is 3.20. The molecule has 0 aliphatic carbocycles. The summed E-state index contributed by atoms with van der Waals surface area (Å²) in [5.74, 6) is 0.651. The Morgan fingerprint density at radius 3 is 2.50 bits per heavy atom. The van der Waals surface area contributed by atoms with Crippen LogP contribution in [0.4, 0.5) is 0 Å². The molecule has 0 bridgehead atoms. The topological polar surface area (TPSA) is 72.6 Å². The first-order chi connectivity index (χ1) is 14.7. The lowest BCUT2D eigenvalue weighted by Gasteiger charge is -2.15. The largest absolute Gasteiger partial charge is 0.324 e. The van der Waals surface area contributed by atoms with Crippen molar-refractivity contribution in [2.75, 3.05) is 13.1 Å². The minimum atomic E-state index is 0.136. The second-order valence-corrected chi connectivity index (χ2v) is 7.31. The van der Waals surface area contributed by atoms with Crippen molar-refractivity contribution in [3.05, 3.63) is 90.5 Å². The number of hydrogen-bond donors (Lipinski definition) is 2. The van der Waals surface area contributed by atoms with Gasteiger partial charge in [-0.15, -0.1) is 0 Å². The first-order valence-electron chi connectivity index (χ1n) is 10.2. The third-order valence-electron chi connectivity index (χ3n) is 4.96. The van der Waals surface area contributed by atoms with Gasteiger partial charge in [-0.3, -0.25) is 4.57 Å². The molecule has 0 amide bonds. The molecule has 0 fully saturated rings. The van der Waals surface area contributed by atoms with E-state index in [-0.39, 0.29) is 6.04 Å². The van der Waals surface area contributed by atoms with Gasteiger partial charge in [0.05, 0.1) is 5.69 Å². The molecular weight excluding hydrogens is 374 g/mol. The highest BCUT2D eigenvalue weighted by molar-refractivity contribution is 5.35.